The van der Waals surface area contributed by atoms with Gasteiger partial charge in [-0.05, 0) is 61.9 Å². The Kier molecular flexibility index (Phi) is 6.01. The summed E-state index contributed by atoms with van der Waals surface area (Å²) in [5.41, 5.74) is 1.05. The molecule has 1 unspecified atom stereocenters. The molecule has 0 radical (unpaired) electrons. The number of carbonyl (C=O) groups is 2. The standard InChI is InChI=1S/C24H21ClN2O5/c1-3-31-19-12-16(5-6-17(19)25)22(28)20-21(18-7-4-14(2)32-18)27(24(30)23(20)29)13-15-8-10-26-11-9-15/h4-12,21,28H,3,13H2,1-2H3/b22-20-. The van der Waals surface area contributed by atoms with Gasteiger partial charge >= 0.3 is 0 Å². The second-order valence-electron chi connectivity index (χ2n) is 7.31. The Morgan fingerprint density at radius 3 is 2.59 bits per heavy atom. The van der Waals surface area contributed by atoms with Gasteiger partial charge in [-0.25, -0.2) is 0 Å². The first-order chi connectivity index (χ1) is 15.4. The molecule has 8 heteroatoms. The molecular weight excluding hydrogens is 432 g/mol. The van der Waals surface area contributed by atoms with E-state index < -0.39 is 17.7 Å². The number of carbonyl (C=O) groups excluding carboxylic acids is 2. The summed E-state index contributed by atoms with van der Waals surface area (Å²) in [5, 5.41) is 11.5. The molecule has 1 fully saturated rings. The minimum absolute atomic E-state index is 0.0526. The Bertz CT molecular complexity index is 1200. The molecule has 1 saturated heterocycles. The molecule has 32 heavy (non-hydrogen) atoms. The zero-order chi connectivity index (χ0) is 22.8. The van der Waals surface area contributed by atoms with Crippen LogP contribution in [0.4, 0.5) is 0 Å². The molecule has 1 amide bonds. The van der Waals surface area contributed by atoms with Crippen LogP contribution in [0.25, 0.3) is 5.76 Å². The predicted octanol–water partition coefficient (Wildman–Crippen LogP) is 4.66. The van der Waals surface area contributed by atoms with Crippen molar-refractivity contribution in [1.82, 2.24) is 9.88 Å². The topological polar surface area (TPSA) is 92.9 Å². The average Bonchev–Trinajstić information content (AvgIpc) is 3.32. The lowest BCUT2D eigenvalue weighted by Gasteiger charge is -2.23. The van der Waals surface area contributed by atoms with Gasteiger partial charge < -0.3 is 19.2 Å². The molecule has 0 saturated carbocycles. The van der Waals surface area contributed by atoms with E-state index in [1.165, 1.54) is 4.90 Å². The van der Waals surface area contributed by atoms with Crippen molar-refractivity contribution in [3.63, 3.8) is 0 Å². The van der Waals surface area contributed by atoms with Crippen LogP contribution < -0.4 is 4.74 Å². The second kappa shape index (κ2) is 8.88. The Labute approximate surface area is 189 Å². The van der Waals surface area contributed by atoms with Crippen molar-refractivity contribution in [2.75, 3.05) is 6.61 Å². The highest BCUT2D eigenvalue weighted by molar-refractivity contribution is 6.46. The summed E-state index contributed by atoms with van der Waals surface area (Å²) in [6, 6.07) is 10.8. The number of hydrogen-bond donors (Lipinski definition) is 1. The number of aliphatic hydroxyl groups excluding tert-OH is 1. The number of aryl methyl sites for hydroxylation is 1. The number of Topliss-reactive ketones (excluding diaryl/α,β-unsaturated/α-hetero) is 1. The van der Waals surface area contributed by atoms with E-state index in [-0.39, 0.29) is 17.9 Å². The highest BCUT2D eigenvalue weighted by atomic mass is 35.5. The molecule has 1 aromatic carbocycles. The fourth-order valence-electron chi connectivity index (χ4n) is 3.70. The van der Waals surface area contributed by atoms with Crippen molar-refractivity contribution in [3.05, 3.63) is 88.1 Å². The maximum absolute atomic E-state index is 13.1. The zero-order valence-electron chi connectivity index (χ0n) is 17.5. The van der Waals surface area contributed by atoms with Crippen molar-refractivity contribution < 1.29 is 23.8 Å². The van der Waals surface area contributed by atoms with Gasteiger partial charge in [-0.1, -0.05) is 11.6 Å². The fourth-order valence-corrected chi connectivity index (χ4v) is 3.87. The lowest BCUT2D eigenvalue weighted by Crippen LogP contribution is -2.29. The maximum atomic E-state index is 13.1. The molecule has 0 bridgehead atoms. The summed E-state index contributed by atoms with van der Waals surface area (Å²) < 4.78 is 11.3. The summed E-state index contributed by atoms with van der Waals surface area (Å²) in [7, 11) is 0. The first kappa shape index (κ1) is 21.6. The molecule has 164 valence electrons. The van der Waals surface area contributed by atoms with Gasteiger partial charge in [-0.2, -0.15) is 0 Å². The largest absolute Gasteiger partial charge is 0.507 e. The molecule has 2 aromatic heterocycles. The molecule has 1 aliphatic rings. The Morgan fingerprint density at radius 1 is 1.19 bits per heavy atom. The molecule has 4 rings (SSSR count). The van der Waals surface area contributed by atoms with Gasteiger partial charge in [0.1, 0.15) is 29.1 Å². The molecule has 1 aliphatic heterocycles. The number of hydrogen-bond acceptors (Lipinski definition) is 6. The first-order valence-corrected chi connectivity index (χ1v) is 10.4. The third-order valence-corrected chi connectivity index (χ3v) is 5.49. The van der Waals surface area contributed by atoms with E-state index in [0.717, 1.165) is 5.56 Å². The third-order valence-electron chi connectivity index (χ3n) is 5.18. The smallest absolute Gasteiger partial charge is 0.296 e. The Morgan fingerprint density at radius 2 is 1.94 bits per heavy atom. The lowest BCUT2D eigenvalue weighted by molar-refractivity contribution is -0.140. The monoisotopic (exact) mass is 452 g/mol. The molecule has 3 aromatic rings. The molecule has 0 spiro atoms. The van der Waals surface area contributed by atoms with Crippen LogP contribution in [0.2, 0.25) is 5.02 Å². The van der Waals surface area contributed by atoms with Crippen LogP contribution in [-0.2, 0) is 16.1 Å². The molecular formula is C24H21ClN2O5. The number of amides is 1. The average molecular weight is 453 g/mol. The van der Waals surface area contributed by atoms with Crippen LogP contribution in [-0.4, -0.2) is 33.3 Å². The number of furan rings is 1. The van der Waals surface area contributed by atoms with E-state index in [1.54, 1.807) is 61.8 Å². The number of likely N-dealkylation sites (tertiary alicyclic amines) is 1. The van der Waals surface area contributed by atoms with E-state index >= 15 is 0 Å². The summed E-state index contributed by atoms with van der Waals surface area (Å²) >= 11 is 6.16. The maximum Gasteiger partial charge on any atom is 0.296 e. The van der Waals surface area contributed by atoms with Gasteiger partial charge in [0.15, 0.2) is 0 Å². The second-order valence-corrected chi connectivity index (χ2v) is 7.72. The number of pyridine rings is 1. The summed E-state index contributed by atoms with van der Waals surface area (Å²) in [4.78, 5) is 31.4. The van der Waals surface area contributed by atoms with Crippen LogP contribution in [0.3, 0.4) is 0 Å². The quantitative estimate of drug-likeness (QED) is 0.332. The lowest BCUT2D eigenvalue weighted by atomic mass is 9.99. The number of nitrogens with zero attached hydrogens (tertiary/aromatic N) is 2. The molecule has 0 aliphatic carbocycles. The third kappa shape index (κ3) is 3.99. The number of halogens is 1. The van der Waals surface area contributed by atoms with E-state index in [0.29, 0.717) is 34.5 Å². The number of aliphatic hydroxyl groups is 1. The summed E-state index contributed by atoms with van der Waals surface area (Å²) in [6.45, 7) is 4.11. The van der Waals surface area contributed by atoms with Crippen molar-refractivity contribution in [2.24, 2.45) is 0 Å². The Balaban J connectivity index is 1.84. The van der Waals surface area contributed by atoms with Crippen molar-refractivity contribution >= 4 is 29.1 Å². The van der Waals surface area contributed by atoms with Crippen molar-refractivity contribution in [3.8, 4) is 5.75 Å². The predicted molar refractivity (Wildman–Crippen MR) is 118 cm³/mol. The van der Waals surface area contributed by atoms with Gasteiger partial charge in [0.25, 0.3) is 11.7 Å². The summed E-state index contributed by atoms with van der Waals surface area (Å²) in [6.07, 6.45) is 3.22. The highest BCUT2D eigenvalue weighted by Crippen LogP contribution is 2.41. The van der Waals surface area contributed by atoms with E-state index in [4.69, 9.17) is 20.8 Å². The van der Waals surface area contributed by atoms with E-state index in [9.17, 15) is 14.7 Å². The minimum atomic E-state index is -0.886. The van der Waals surface area contributed by atoms with Gasteiger partial charge in [0.05, 0.1) is 17.2 Å². The number of ether oxygens (including phenoxy) is 1. The van der Waals surface area contributed by atoms with Crippen LogP contribution in [0, 0.1) is 6.92 Å². The highest BCUT2D eigenvalue weighted by Gasteiger charge is 2.47. The van der Waals surface area contributed by atoms with Crippen LogP contribution in [0.15, 0.2) is 64.8 Å². The van der Waals surface area contributed by atoms with E-state index in [2.05, 4.69) is 4.98 Å². The summed E-state index contributed by atoms with van der Waals surface area (Å²) in [5.74, 6) is -0.451. The fraction of sp³-hybridized carbons (Fsp3) is 0.208. The van der Waals surface area contributed by atoms with Crippen molar-refractivity contribution in [1.29, 1.82) is 0 Å². The van der Waals surface area contributed by atoms with E-state index in [1.807, 2.05) is 6.92 Å². The number of rotatable bonds is 6. The zero-order valence-corrected chi connectivity index (χ0v) is 18.3. The van der Waals surface area contributed by atoms with Crippen molar-refractivity contribution in [2.45, 2.75) is 26.4 Å². The van der Waals surface area contributed by atoms with Gasteiger partial charge in [0.2, 0.25) is 0 Å². The first-order valence-electron chi connectivity index (χ1n) is 10.1. The van der Waals surface area contributed by atoms with Gasteiger partial charge in [-0.3, -0.25) is 14.6 Å². The number of ketones is 1. The molecule has 1 N–H and O–H groups in total. The van der Waals surface area contributed by atoms with Gasteiger partial charge in [0, 0.05) is 24.5 Å². The minimum Gasteiger partial charge on any atom is -0.507 e. The van der Waals surface area contributed by atoms with Crippen LogP contribution in [0.5, 0.6) is 5.75 Å². The number of aromatic nitrogens is 1. The van der Waals surface area contributed by atoms with Crippen LogP contribution >= 0.6 is 11.6 Å². The number of benzene rings is 1. The van der Waals surface area contributed by atoms with Gasteiger partial charge in [-0.15, -0.1) is 0 Å². The molecule has 3 heterocycles. The molecule has 7 nitrogen and oxygen atoms in total. The van der Waals surface area contributed by atoms with Crippen LogP contribution in [0.1, 0.15) is 35.6 Å². The normalized spacial score (nSPS) is 17.7. The Hall–Kier alpha value is -3.58. The molecule has 1 atom stereocenters. The SMILES string of the molecule is CCOc1cc(/C(O)=C2/C(=O)C(=O)N(Cc3ccncc3)C2c2ccc(C)o2)ccc1Cl.